The van der Waals surface area contributed by atoms with E-state index in [1.165, 1.54) is 17.5 Å². The van der Waals surface area contributed by atoms with Crippen LogP contribution >= 0.6 is 27.5 Å². The van der Waals surface area contributed by atoms with Gasteiger partial charge in [0.2, 0.25) is 0 Å². The Morgan fingerprint density at radius 3 is 2.73 bits per heavy atom. The van der Waals surface area contributed by atoms with Crippen LogP contribution in [0.3, 0.4) is 0 Å². The van der Waals surface area contributed by atoms with Crippen molar-refractivity contribution in [3.8, 4) is 5.75 Å². The molecule has 2 aromatic carbocycles. The van der Waals surface area contributed by atoms with Gasteiger partial charge in [0.1, 0.15) is 10.6 Å². The van der Waals surface area contributed by atoms with Crippen LogP contribution in [0.5, 0.6) is 5.75 Å². The molecule has 1 aliphatic rings. The van der Waals surface area contributed by atoms with Crippen LogP contribution < -0.4 is 9.04 Å². The number of fused-ring (bicyclic) bond motifs is 1. The van der Waals surface area contributed by atoms with E-state index in [-0.39, 0.29) is 10.6 Å². The van der Waals surface area contributed by atoms with Crippen LogP contribution in [-0.4, -0.2) is 22.1 Å². The molecule has 116 valence electrons. The molecule has 0 saturated carbocycles. The number of benzene rings is 2. The van der Waals surface area contributed by atoms with E-state index in [4.69, 9.17) is 16.3 Å². The summed E-state index contributed by atoms with van der Waals surface area (Å²) < 4.78 is 33.5. The fourth-order valence-electron chi connectivity index (χ4n) is 2.56. The zero-order chi connectivity index (χ0) is 15.9. The molecule has 1 aliphatic heterocycles. The van der Waals surface area contributed by atoms with Gasteiger partial charge in [0.05, 0.1) is 12.8 Å². The van der Waals surface area contributed by atoms with Gasteiger partial charge in [-0.1, -0.05) is 27.5 Å². The van der Waals surface area contributed by atoms with Gasteiger partial charge in [-0.25, -0.2) is 8.42 Å². The summed E-state index contributed by atoms with van der Waals surface area (Å²) in [6.07, 6.45) is 0.677. The Morgan fingerprint density at radius 2 is 2.00 bits per heavy atom. The molecular weight excluding hydrogens is 390 g/mol. The summed E-state index contributed by atoms with van der Waals surface area (Å²) in [6, 6.07) is 10.2. The summed E-state index contributed by atoms with van der Waals surface area (Å²) in [5, 5.41) is 0.356. The van der Waals surface area contributed by atoms with Gasteiger partial charge in [-0.3, -0.25) is 4.31 Å². The molecule has 0 amide bonds. The molecule has 22 heavy (non-hydrogen) atoms. The standard InChI is InChI=1S/C15H13BrClNO3S/c1-21-14-5-3-12(17)9-15(14)22(19,20)18-7-6-10-8-11(16)2-4-13(10)18/h2-5,8-9H,6-7H2,1H3. The van der Waals surface area contributed by atoms with Crippen LogP contribution in [0.2, 0.25) is 5.02 Å². The minimum absolute atomic E-state index is 0.0817. The van der Waals surface area contributed by atoms with Crippen LogP contribution in [0.25, 0.3) is 0 Å². The molecule has 0 fully saturated rings. The highest BCUT2D eigenvalue weighted by atomic mass is 79.9. The Morgan fingerprint density at radius 1 is 1.23 bits per heavy atom. The maximum Gasteiger partial charge on any atom is 0.268 e. The van der Waals surface area contributed by atoms with Crippen LogP contribution in [0.15, 0.2) is 45.8 Å². The molecule has 2 aromatic rings. The lowest BCUT2D eigenvalue weighted by Gasteiger charge is -2.21. The third kappa shape index (κ3) is 2.59. The summed E-state index contributed by atoms with van der Waals surface area (Å²) in [5.41, 5.74) is 1.70. The first-order chi connectivity index (χ1) is 10.4. The van der Waals surface area contributed by atoms with Crippen LogP contribution in [-0.2, 0) is 16.4 Å². The third-order valence-electron chi connectivity index (χ3n) is 3.59. The van der Waals surface area contributed by atoms with Gasteiger partial charge in [0.25, 0.3) is 10.0 Å². The number of nitrogens with zero attached hydrogens (tertiary/aromatic N) is 1. The lowest BCUT2D eigenvalue weighted by atomic mass is 10.2. The fourth-order valence-corrected chi connectivity index (χ4v) is 4.89. The van der Waals surface area contributed by atoms with E-state index in [1.807, 2.05) is 12.1 Å². The predicted molar refractivity (Wildman–Crippen MR) is 90.4 cm³/mol. The van der Waals surface area contributed by atoms with Crippen molar-refractivity contribution in [3.63, 3.8) is 0 Å². The first kappa shape index (κ1) is 15.6. The summed E-state index contributed by atoms with van der Waals surface area (Å²) in [5.74, 6) is 0.287. The van der Waals surface area contributed by atoms with Crippen molar-refractivity contribution in [2.75, 3.05) is 18.0 Å². The van der Waals surface area contributed by atoms with Crippen molar-refractivity contribution in [2.24, 2.45) is 0 Å². The number of sulfonamides is 1. The number of methoxy groups -OCH3 is 1. The fraction of sp³-hybridized carbons (Fsp3) is 0.200. The molecule has 0 unspecified atom stereocenters. The molecule has 0 aliphatic carbocycles. The van der Waals surface area contributed by atoms with Gasteiger partial charge in [-0.05, 0) is 48.4 Å². The van der Waals surface area contributed by atoms with E-state index in [9.17, 15) is 8.42 Å². The second-order valence-corrected chi connectivity index (χ2v) is 8.08. The zero-order valence-electron chi connectivity index (χ0n) is 11.7. The van der Waals surface area contributed by atoms with Crippen molar-refractivity contribution in [1.29, 1.82) is 0 Å². The number of anilines is 1. The Kier molecular flexibility index (Phi) is 4.09. The van der Waals surface area contributed by atoms with E-state index in [2.05, 4.69) is 15.9 Å². The average molecular weight is 403 g/mol. The van der Waals surface area contributed by atoms with E-state index in [0.29, 0.717) is 23.7 Å². The van der Waals surface area contributed by atoms with Crippen molar-refractivity contribution in [1.82, 2.24) is 0 Å². The smallest absolute Gasteiger partial charge is 0.268 e. The first-order valence-electron chi connectivity index (χ1n) is 6.58. The van der Waals surface area contributed by atoms with Crippen molar-refractivity contribution >= 4 is 43.2 Å². The van der Waals surface area contributed by atoms with Gasteiger partial charge in [-0.15, -0.1) is 0 Å². The number of hydrogen-bond acceptors (Lipinski definition) is 3. The monoisotopic (exact) mass is 401 g/mol. The molecule has 0 saturated heterocycles. The van der Waals surface area contributed by atoms with Crippen molar-refractivity contribution < 1.29 is 13.2 Å². The van der Waals surface area contributed by atoms with Crippen LogP contribution in [0, 0.1) is 0 Å². The summed E-state index contributed by atoms with van der Waals surface area (Å²) in [6.45, 7) is 0.407. The highest BCUT2D eigenvalue weighted by molar-refractivity contribution is 9.10. The summed E-state index contributed by atoms with van der Waals surface area (Å²) >= 11 is 9.37. The maximum absolute atomic E-state index is 13.0. The van der Waals surface area contributed by atoms with E-state index in [0.717, 1.165) is 10.0 Å². The molecule has 0 aromatic heterocycles. The molecule has 0 bridgehead atoms. The Bertz CT molecular complexity index is 839. The molecule has 3 rings (SSSR count). The minimum atomic E-state index is -3.72. The quantitative estimate of drug-likeness (QED) is 0.783. The van der Waals surface area contributed by atoms with Crippen molar-refractivity contribution in [2.45, 2.75) is 11.3 Å². The van der Waals surface area contributed by atoms with Gasteiger partial charge < -0.3 is 4.74 Å². The Labute approximate surface area is 142 Å². The second kappa shape index (κ2) is 5.76. The number of rotatable bonds is 3. The molecule has 0 atom stereocenters. The largest absolute Gasteiger partial charge is 0.495 e. The molecule has 4 nitrogen and oxygen atoms in total. The molecule has 0 radical (unpaired) electrons. The SMILES string of the molecule is COc1ccc(Cl)cc1S(=O)(=O)N1CCc2cc(Br)ccc21. The van der Waals surface area contributed by atoms with Gasteiger partial charge in [0.15, 0.2) is 0 Å². The van der Waals surface area contributed by atoms with E-state index in [1.54, 1.807) is 18.2 Å². The molecule has 0 spiro atoms. The lowest BCUT2D eigenvalue weighted by Crippen LogP contribution is -2.29. The molecule has 0 N–H and O–H groups in total. The maximum atomic E-state index is 13.0. The molecule has 7 heteroatoms. The minimum Gasteiger partial charge on any atom is -0.495 e. The lowest BCUT2D eigenvalue weighted by molar-refractivity contribution is 0.402. The Balaban J connectivity index is 2.12. The molecular formula is C15H13BrClNO3S. The van der Waals surface area contributed by atoms with Crippen molar-refractivity contribution in [3.05, 3.63) is 51.5 Å². The first-order valence-corrected chi connectivity index (χ1v) is 9.19. The normalized spacial score (nSPS) is 14.0. The van der Waals surface area contributed by atoms with Gasteiger partial charge in [-0.2, -0.15) is 0 Å². The topological polar surface area (TPSA) is 46.6 Å². The van der Waals surface area contributed by atoms with Gasteiger partial charge >= 0.3 is 0 Å². The average Bonchev–Trinajstić information content (AvgIpc) is 2.90. The second-order valence-electron chi connectivity index (χ2n) is 4.90. The third-order valence-corrected chi connectivity index (χ3v) is 6.15. The molecule has 1 heterocycles. The predicted octanol–water partition coefficient (Wildman–Crippen LogP) is 3.86. The Hall–Kier alpha value is -1.24. The van der Waals surface area contributed by atoms with Gasteiger partial charge in [0, 0.05) is 16.0 Å². The van der Waals surface area contributed by atoms with Crippen LogP contribution in [0.1, 0.15) is 5.56 Å². The van der Waals surface area contributed by atoms with E-state index < -0.39 is 10.0 Å². The van der Waals surface area contributed by atoms with Crippen LogP contribution in [0.4, 0.5) is 5.69 Å². The zero-order valence-corrected chi connectivity index (χ0v) is 14.9. The highest BCUT2D eigenvalue weighted by Gasteiger charge is 2.33. The number of ether oxygens (including phenoxy) is 1. The number of halogens is 2. The number of hydrogen-bond donors (Lipinski definition) is 0. The van der Waals surface area contributed by atoms with E-state index >= 15 is 0 Å². The summed E-state index contributed by atoms with van der Waals surface area (Å²) in [4.78, 5) is 0.0817. The summed E-state index contributed by atoms with van der Waals surface area (Å²) in [7, 11) is -2.28. The highest BCUT2D eigenvalue weighted by Crippen LogP contribution is 2.37.